The smallest absolute Gasteiger partial charge is 0.136 e. The molecule has 0 bridgehead atoms. The molecule has 0 saturated heterocycles. The van der Waals surface area contributed by atoms with Crippen LogP contribution in [0.4, 0.5) is 17.1 Å². The molecule has 3 unspecified atom stereocenters. The van der Waals surface area contributed by atoms with Gasteiger partial charge < -0.3 is 18.6 Å². The fourth-order valence-corrected chi connectivity index (χ4v) is 10.1. The van der Waals surface area contributed by atoms with E-state index < -0.39 is 0 Å². The van der Waals surface area contributed by atoms with Gasteiger partial charge in [0.1, 0.15) is 22.5 Å². The van der Waals surface area contributed by atoms with Crippen molar-refractivity contribution in [1.82, 2.24) is 0 Å². The van der Waals surface area contributed by atoms with E-state index in [2.05, 4.69) is 177 Å². The third kappa shape index (κ3) is 5.72. The van der Waals surface area contributed by atoms with Gasteiger partial charge in [-0.2, -0.15) is 0 Å². The predicted molar refractivity (Wildman–Crippen MR) is 243 cm³/mol. The lowest BCUT2D eigenvalue weighted by atomic mass is 9.82. The molecule has 2 aromatic heterocycles. The Hall–Kier alpha value is -6.26. The number of para-hydroxylation sites is 2. The van der Waals surface area contributed by atoms with Crippen molar-refractivity contribution in [2.45, 2.75) is 65.8 Å². The second-order valence-corrected chi connectivity index (χ2v) is 17.0. The molecule has 0 aliphatic heterocycles. The summed E-state index contributed by atoms with van der Waals surface area (Å²) in [6, 6.07) is 33.6. The predicted octanol–water partition coefficient (Wildman–Crippen LogP) is 14.7. The molecule has 0 N–H and O–H groups in total. The lowest BCUT2D eigenvalue weighted by Crippen LogP contribution is -2.33. The van der Waals surface area contributed by atoms with Gasteiger partial charge in [-0.15, -0.1) is 0 Å². The van der Waals surface area contributed by atoms with Crippen LogP contribution in [0.1, 0.15) is 62.0 Å². The van der Waals surface area contributed by atoms with Gasteiger partial charge in [0.05, 0.1) is 6.04 Å². The summed E-state index contributed by atoms with van der Waals surface area (Å²) >= 11 is 0. The minimum absolute atomic E-state index is 0.246. The minimum Gasteiger partial charge on any atom is -0.460 e. The molecule has 3 atom stereocenters. The minimum atomic E-state index is 0.246. The normalized spacial score (nSPS) is 20.2. The first-order valence-corrected chi connectivity index (χ1v) is 21.1. The zero-order chi connectivity index (χ0) is 39.1. The van der Waals surface area contributed by atoms with Gasteiger partial charge in [-0.1, -0.05) is 91.4 Å². The Morgan fingerprint density at radius 3 is 2.29 bits per heavy atom. The molecule has 0 radical (unpaired) electrons. The van der Waals surface area contributed by atoms with Gasteiger partial charge in [0.15, 0.2) is 0 Å². The number of hydrogen-bond acceptors (Lipinski definition) is 4. The first-order valence-electron chi connectivity index (χ1n) is 21.1. The van der Waals surface area contributed by atoms with Gasteiger partial charge in [0.25, 0.3) is 0 Å². The van der Waals surface area contributed by atoms with Crippen LogP contribution in [-0.4, -0.2) is 6.04 Å². The number of fused-ring (bicyclic) bond motifs is 8. The Kier molecular flexibility index (Phi) is 8.25. The van der Waals surface area contributed by atoms with Gasteiger partial charge in [-0.05, 0) is 141 Å². The quantitative estimate of drug-likeness (QED) is 0.169. The van der Waals surface area contributed by atoms with Crippen LogP contribution in [0.3, 0.4) is 0 Å². The maximum atomic E-state index is 6.77. The highest BCUT2D eigenvalue weighted by molar-refractivity contribution is 6.14. The number of hydrogen-bond donors (Lipinski definition) is 0. The molecule has 0 fully saturated rings. The maximum Gasteiger partial charge on any atom is 0.136 e. The molecule has 4 heteroatoms. The summed E-state index contributed by atoms with van der Waals surface area (Å²) in [5, 5.41) is 5.68. The van der Waals surface area contributed by atoms with Gasteiger partial charge in [0.2, 0.25) is 0 Å². The zero-order valence-electron chi connectivity index (χ0n) is 33.8. The van der Waals surface area contributed by atoms with Crippen LogP contribution in [0.5, 0.6) is 0 Å². The maximum absolute atomic E-state index is 6.77. The number of furan rings is 2. The van der Waals surface area contributed by atoms with E-state index in [0.717, 1.165) is 57.9 Å². The molecule has 7 aromatic rings. The van der Waals surface area contributed by atoms with E-state index in [-0.39, 0.29) is 12.0 Å². The summed E-state index contributed by atoms with van der Waals surface area (Å²) in [6.45, 7) is 9.06. The number of benzene rings is 5. The molecule has 4 aliphatic rings. The Morgan fingerprint density at radius 1 is 0.724 bits per heavy atom. The summed E-state index contributed by atoms with van der Waals surface area (Å²) in [4.78, 5) is 5.04. The molecule has 0 amide bonds. The Bertz CT molecular complexity index is 3010. The van der Waals surface area contributed by atoms with Crippen LogP contribution >= 0.6 is 0 Å². The first kappa shape index (κ1) is 34.9. The number of aryl methyl sites for hydroxylation is 2. The Balaban J connectivity index is 0.955. The van der Waals surface area contributed by atoms with Crippen LogP contribution in [0, 0.1) is 25.7 Å². The summed E-state index contributed by atoms with van der Waals surface area (Å²) in [5.74, 6) is 1.81. The second-order valence-electron chi connectivity index (χ2n) is 17.0. The zero-order valence-corrected chi connectivity index (χ0v) is 33.8. The highest BCUT2D eigenvalue weighted by atomic mass is 16.3. The largest absolute Gasteiger partial charge is 0.460 e. The van der Waals surface area contributed by atoms with Crippen LogP contribution in [0.2, 0.25) is 0 Å². The number of allylic oxidation sites excluding steroid dienone is 8. The standard InChI is InChI=1S/C54H48N2O2/c1-33-13-5-9-17-47(33)55(48-18-10-6-14-34(48)2)41-23-21-37-27-43-45-31-54-46(32-53(45)57-51(43)29-39(37)25-41)44-28-38-22-24-42(26-40(38)30-52(44)58-54)56(49-19-11-7-15-35(49)3)50-20-12-8-16-36(50)4/h5-7,9-11,13-15,17,19-29,31-32,36,40,48H,8,12,16,18,30H2,1-4H3. The van der Waals surface area contributed by atoms with Crippen molar-refractivity contribution in [3.05, 3.63) is 179 Å². The molecule has 0 saturated carbocycles. The molecule has 58 heavy (non-hydrogen) atoms. The van der Waals surface area contributed by atoms with Gasteiger partial charge >= 0.3 is 0 Å². The fourth-order valence-electron chi connectivity index (χ4n) is 10.1. The topological polar surface area (TPSA) is 32.8 Å². The Morgan fingerprint density at radius 2 is 1.48 bits per heavy atom. The summed E-state index contributed by atoms with van der Waals surface area (Å²) in [5.41, 5.74) is 15.5. The van der Waals surface area contributed by atoms with Crippen molar-refractivity contribution in [2.24, 2.45) is 11.8 Å². The number of anilines is 3. The van der Waals surface area contributed by atoms with Crippen LogP contribution in [-0.2, 0) is 6.42 Å². The van der Waals surface area contributed by atoms with E-state index in [4.69, 9.17) is 8.83 Å². The summed E-state index contributed by atoms with van der Waals surface area (Å²) in [7, 11) is 0. The fraction of sp³-hybridized carbons (Fsp3) is 0.222. The monoisotopic (exact) mass is 756 g/mol. The van der Waals surface area contributed by atoms with Crippen molar-refractivity contribution in [3.8, 4) is 0 Å². The van der Waals surface area contributed by atoms with E-state index in [1.54, 1.807) is 0 Å². The van der Waals surface area contributed by atoms with E-state index in [0.29, 0.717) is 5.92 Å². The number of rotatable bonds is 6. The lowest BCUT2D eigenvalue weighted by Gasteiger charge is -2.37. The van der Waals surface area contributed by atoms with Crippen LogP contribution in [0.25, 0.3) is 49.8 Å². The highest BCUT2D eigenvalue weighted by Crippen LogP contribution is 2.45. The van der Waals surface area contributed by atoms with Gasteiger partial charge in [-0.25, -0.2) is 0 Å². The van der Waals surface area contributed by atoms with Crippen LogP contribution in [0.15, 0.2) is 165 Å². The summed E-state index contributed by atoms with van der Waals surface area (Å²) in [6.07, 6.45) is 24.1. The molecule has 286 valence electrons. The Labute approximate surface area is 340 Å². The van der Waals surface area contributed by atoms with Gasteiger partial charge in [0, 0.05) is 62.5 Å². The van der Waals surface area contributed by atoms with Crippen molar-refractivity contribution in [1.29, 1.82) is 0 Å². The van der Waals surface area contributed by atoms with Crippen molar-refractivity contribution < 1.29 is 8.83 Å². The summed E-state index contributed by atoms with van der Waals surface area (Å²) < 4.78 is 13.5. The van der Waals surface area contributed by atoms with Crippen molar-refractivity contribution in [2.75, 3.05) is 9.80 Å². The van der Waals surface area contributed by atoms with E-state index in [1.807, 2.05) is 0 Å². The van der Waals surface area contributed by atoms with Crippen molar-refractivity contribution >= 4 is 66.8 Å². The lowest BCUT2D eigenvalue weighted by molar-refractivity contribution is 0.519. The van der Waals surface area contributed by atoms with E-state index in [9.17, 15) is 0 Å². The highest BCUT2D eigenvalue weighted by Gasteiger charge is 2.31. The van der Waals surface area contributed by atoms with Gasteiger partial charge in [-0.3, -0.25) is 0 Å². The molecular weight excluding hydrogens is 709 g/mol. The third-order valence-electron chi connectivity index (χ3n) is 13.2. The molecule has 4 aliphatic carbocycles. The van der Waals surface area contributed by atoms with E-state index >= 15 is 0 Å². The van der Waals surface area contributed by atoms with Crippen LogP contribution < -0.4 is 9.80 Å². The average molecular weight is 757 g/mol. The SMILES string of the molecule is CC1=CC=CCC1N(c1ccc2cc3c(cc2c1)oc1cc2c4c(oc2cc13)CC1C=C(N(C2=CCCCC2C)c2ccccc2C)C=CC1=C4)c1ccccc1C. The molecule has 0 spiro atoms. The molecule has 2 heterocycles. The first-order chi connectivity index (χ1) is 28.4. The molecule has 4 nitrogen and oxygen atoms in total. The number of nitrogens with zero attached hydrogens (tertiary/aromatic N) is 2. The molecule has 5 aromatic carbocycles. The molecular formula is C54H48N2O2. The molecule has 11 rings (SSSR count). The average Bonchev–Trinajstić information content (AvgIpc) is 3.76. The second kappa shape index (κ2) is 13.7. The van der Waals surface area contributed by atoms with E-state index in [1.165, 1.54) is 79.9 Å². The van der Waals surface area contributed by atoms with Crippen molar-refractivity contribution in [3.63, 3.8) is 0 Å². The third-order valence-corrected chi connectivity index (χ3v) is 13.2.